The van der Waals surface area contributed by atoms with Gasteiger partial charge in [-0.15, -0.1) is 5.10 Å². The first-order chi connectivity index (χ1) is 15.1. The third-order valence-corrected chi connectivity index (χ3v) is 7.54. The number of amides is 1. The van der Waals surface area contributed by atoms with E-state index in [0.717, 1.165) is 55.1 Å². The Morgan fingerprint density at radius 3 is 2.45 bits per heavy atom. The van der Waals surface area contributed by atoms with Crippen LogP contribution >= 0.6 is 35.1 Å². The number of fused-ring (bicyclic) bond motifs is 1. The Kier molecular flexibility index (Phi) is 5.97. The van der Waals surface area contributed by atoms with Crippen LogP contribution in [-0.2, 0) is 4.79 Å². The lowest BCUT2D eigenvalue weighted by Gasteiger charge is -2.33. The Morgan fingerprint density at radius 1 is 1.03 bits per heavy atom. The summed E-state index contributed by atoms with van der Waals surface area (Å²) in [6.45, 7) is 1.77. The Labute approximate surface area is 194 Å². The molecule has 2 aliphatic rings. The summed E-state index contributed by atoms with van der Waals surface area (Å²) >= 11 is 14.0. The summed E-state index contributed by atoms with van der Waals surface area (Å²) in [7, 11) is 0. The monoisotopic (exact) mass is 476 g/mol. The van der Waals surface area contributed by atoms with Gasteiger partial charge < -0.3 is 4.90 Å². The Balaban J connectivity index is 1.23. The molecule has 1 aliphatic carbocycles. The van der Waals surface area contributed by atoms with Gasteiger partial charge in [-0.1, -0.05) is 35.3 Å². The molecule has 2 N–H and O–H groups in total. The number of benzene rings is 1. The minimum atomic E-state index is 0.0143. The number of hydrogen-bond acceptors (Lipinski definition) is 6. The largest absolute Gasteiger partial charge is 0.356 e. The second kappa shape index (κ2) is 8.86. The second-order valence-corrected chi connectivity index (χ2v) is 9.55. The number of nitrogens with zero attached hydrogens (tertiary/aromatic N) is 4. The summed E-state index contributed by atoms with van der Waals surface area (Å²) in [6.07, 6.45) is 3.86. The lowest BCUT2D eigenvalue weighted by Crippen LogP contribution is -2.41. The number of piperidine rings is 1. The van der Waals surface area contributed by atoms with Gasteiger partial charge in [-0.2, -0.15) is 9.50 Å². The molecule has 3 heterocycles. The highest BCUT2D eigenvalue weighted by Gasteiger charge is 2.30. The Bertz CT molecular complexity index is 1090. The average Bonchev–Trinajstić information content (AvgIpc) is 3.54. The highest BCUT2D eigenvalue weighted by molar-refractivity contribution is 7.97. The number of carbonyl (C=O) groups is 1. The number of halogens is 2. The van der Waals surface area contributed by atoms with E-state index in [1.165, 1.54) is 11.9 Å². The molecule has 0 bridgehead atoms. The predicted molar refractivity (Wildman–Crippen MR) is 125 cm³/mol. The minimum Gasteiger partial charge on any atom is -0.356 e. The molecule has 10 heteroatoms. The number of carbonyl (C=O) groups excluding carboxylic acids is 1. The van der Waals surface area contributed by atoms with Gasteiger partial charge >= 0.3 is 0 Å². The van der Waals surface area contributed by atoms with Crippen molar-refractivity contribution in [2.24, 2.45) is 5.92 Å². The van der Waals surface area contributed by atoms with Gasteiger partial charge in [0.1, 0.15) is 5.82 Å². The summed E-state index contributed by atoms with van der Waals surface area (Å²) in [4.78, 5) is 19.7. The number of hydrogen-bond donors (Lipinski definition) is 2. The number of anilines is 2. The van der Waals surface area contributed by atoms with Crippen LogP contribution < -0.4 is 14.9 Å². The van der Waals surface area contributed by atoms with Gasteiger partial charge in [0, 0.05) is 25.0 Å². The first-order valence-corrected chi connectivity index (χ1v) is 11.9. The van der Waals surface area contributed by atoms with Crippen molar-refractivity contribution >= 4 is 58.5 Å². The van der Waals surface area contributed by atoms with Crippen LogP contribution in [-0.4, -0.2) is 39.6 Å². The van der Waals surface area contributed by atoms with E-state index < -0.39 is 0 Å². The summed E-state index contributed by atoms with van der Waals surface area (Å²) in [6, 6.07) is 11.8. The summed E-state index contributed by atoms with van der Waals surface area (Å²) in [5.74, 6) is 1.49. The summed E-state index contributed by atoms with van der Waals surface area (Å²) in [5, 5.41) is 8.69. The molecule has 7 nitrogen and oxygen atoms in total. The third kappa shape index (κ3) is 4.62. The summed E-state index contributed by atoms with van der Waals surface area (Å²) < 4.78 is 5.32. The standard InChI is InChI=1S/C21H22Cl2N6OS/c22-15-3-1-4-16(23)19(15)31-27-14-9-11-28(12-10-14)18-6-2-5-17-24-21(26-29(17)18)25-20(30)13-7-8-13/h1-6,13-14,27H,7-12H2,(H,25,26,30). The molecular weight excluding hydrogens is 455 g/mol. The summed E-state index contributed by atoms with van der Waals surface area (Å²) in [5.41, 5.74) is 0.729. The van der Waals surface area contributed by atoms with Gasteiger partial charge in [0.15, 0.2) is 5.65 Å². The molecule has 162 valence electrons. The van der Waals surface area contributed by atoms with Gasteiger partial charge in [0.2, 0.25) is 11.9 Å². The lowest BCUT2D eigenvalue weighted by atomic mass is 10.1. The topological polar surface area (TPSA) is 74.6 Å². The molecular formula is C21H22Cl2N6OS. The molecule has 1 saturated carbocycles. The van der Waals surface area contributed by atoms with Crippen LogP contribution in [0.1, 0.15) is 25.7 Å². The van der Waals surface area contributed by atoms with Crippen LogP contribution in [0.15, 0.2) is 41.3 Å². The van der Waals surface area contributed by atoms with Crippen molar-refractivity contribution in [3.05, 3.63) is 46.4 Å². The molecule has 0 atom stereocenters. The molecule has 1 amide bonds. The van der Waals surface area contributed by atoms with Crippen molar-refractivity contribution in [2.75, 3.05) is 23.3 Å². The first kappa shape index (κ1) is 20.9. The van der Waals surface area contributed by atoms with Crippen LogP contribution in [0.5, 0.6) is 0 Å². The lowest BCUT2D eigenvalue weighted by molar-refractivity contribution is -0.117. The van der Waals surface area contributed by atoms with Gasteiger partial charge in [-0.3, -0.25) is 14.8 Å². The molecule has 0 spiro atoms. The van der Waals surface area contributed by atoms with Gasteiger partial charge in [-0.25, -0.2) is 0 Å². The maximum atomic E-state index is 12.0. The highest BCUT2D eigenvalue weighted by Crippen LogP contribution is 2.33. The quantitative estimate of drug-likeness (QED) is 0.504. The zero-order chi connectivity index (χ0) is 21.4. The van der Waals surface area contributed by atoms with E-state index in [9.17, 15) is 4.79 Å². The minimum absolute atomic E-state index is 0.0143. The van der Waals surface area contributed by atoms with Crippen LogP contribution in [0, 0.1) is 5.92 Å². The predicted octanol–water partition coefficient (Wildman–Crippen LogP) is 4.65. The van der Waals surface area contributed by atoms with E-state index in [1.807, 2.05) is 40.9 Å². The number of nitrogens with one attached hydrogen (secondary N) is 2. The highest BCUT2D eigenvalue weighted by atomic mass is 35.5. The smallest absolute Gasteiger partial charge is 0.249 e. The molecule has 31 heavy (non-hydrogen) atoms. The maximum absolute atomic E-state index is 12.0. The molecule has 1 aliphatic heterocycles. The molecule has 5 rings (SSSR count). The third-order valence-electron chi connectivity index (χ3n) is 5.59. The van der Waals surface area contributed by atoms with Gasteiger partial charge in [-0.05, 0) is 61.9 Å². The zero-order valence-corrected chi connectivity index (χ0v) is 19.1. The van der Waals surface area contributed by atoms with E-state index in [0.29, 0.717) is 22.0 Å². The Hall–Kier alpha value is -2.00. The van der Waals surface area contributed by atoms with Gasteiger partial charge in [0.25, 0.3) is 0 Å². The van der Waals surface area contributed by atoms with Gasteiger partial charge in [0.05, 0.1) is 14.9 Å². The molecule has 0 unspecified atom stereocenters. The SMILES string of the molecule is O=C(Nc1nc2cccc(N3CCC(NSc4c(Cl)cccc4Cl)CC3)n2n1)C1CC1. The van der Waals surface area contributed by atoms with Crippen molar-refractivity contribution in [3.63, 3.8) is 0 Å². The molecule has 1 saturated heterocycles. The maximum Gasteiger partial charge on any atom is 0.249 e. The fourth-order valence-corrected chi connectivity index (χ4v) is 5.17. The van der Waals surface area contributed by atoms with Crippen molar-refractivity contribution < 1.29 is 4.79 Å². The van der Waals surface area contributed by atoms with Crippen LogP contribution in [0.4, 0.5) is 11.8 Å². The number of rotatable bonds is 6. The molecule has 1 aromatic carbocycles. The Morgan fingerprint density at radius 2 is 1.74 bits per heavy atom. The number of aromatic nitrogens is 3. The van der Waals surface area contributed by atoms with Crippen molar-refractivity contribution in [3.8, 4) is 0 Å². The fraction of sp³-hybridized carbons (Fsp3) is 0.381. The van der Waals surface area contributed by atoms with Crippen LogP contribution in [0.2, 0.25) is 10.0 Å². The van der Waals surface area contributed by atoms with E-state index >= 15 is 0 Å². The second-order valence-electron chi connectivity index (χ2n) is 7.88. The molecule has 2 aromatic heterocycles. The van der Waals surface area contributed by atoms with Crippen molar-refractivity contribution in [1.82, 2.24) is 19.3 Å². The van der Waals surface area contributed by atoms with Crippen molar-refractivity contribution in [1.29, 1.82) is 0 Å². The fourth-order valence-electron chi connectivity index (χ4n) is 3.69. The zero-order valence-electron chi connectivity index (χ0n) is 16.7. The van der Waals surface area contributed by atoms with E-state index in [1.54, 1.807) is 0 Å². The first-order valence-electron chi connectivity index (χ1n) is 10.4. The molecule has 2 fully saturated rings. The van der Waals surface area contributed by atoms with Crippen LogP contribution in [0.3, 0.4) is 0 Å². The van der Waals surface area contributed by atoms with E-state index in [4.69, 9.17) is 23.2 Å². The van der Waals surface area contributed by atoms with Crippen LogP contribution in [0.25, 0.3) is 5.65 Å². The molecule has 3 aromatic rings. The average molecular weight is 477 g/mol. The molecule has 0 radical (unpaired) electrons. The van der Waals surface area contributed by atoms with E-state index in [2.05, 4.69) is 25.0 Å². The van der Waals surface area contributed by atoms with Crippen molar-refractivity contribution in [2.45, 2.75) is 36.6 Å². The number of pyridine rings is 1. The van der Waals surface area contributed by atoms with E-state index in [-0.39, 0.29) is 11.8 Å². The normalized spacial score (nSPS) is 17.3.